The van der Waals surface area contributed by atoms with Crippen LogP contribution in [0.3, 0.4) is 0 Å². The number of rotatable bonds is 12. The molecule has 0 aromatic carbocycles. The van der Waals surface area contributed by atoms with E-state index in [0.717, 1.165) is 0 Å². The summed E-state index contributed by atoms with van der Waals surface area (Å²) in [4.78, 5) is 0. The molecule has 2 saturated heterocycles. The first-order valence-electron chi connectivity index (χ1n) is 10.3. The van der Waals surface area contributed by atoms with Gasteiger partial charge in [0.05, 0.1) is 19.8 Å². The molecule has 0 bridgehead atoms. The number of ether oxygens (including phenoxy) is 4. The zero-order chi connectivity index (χ0) is 24.1. The van der Waals surface area contributed by atoms with E-state index < -0.39 is 73.6 Å². The first-order chi connectivity index (χ1) is 15.2. The Morgan fingerprint density at radius 2 is 1.41 bits per heavy atom. The molecule has 7 N–H and O–H groups in total. The number of aliphatic hydroxyl groups is 7. The maximum absolute atomic E-state index is 11.1. The van der Waals surface area contributed by atoms with Gasteiger partial charge < -0.3 is 54.7 Å². The summed E-state index contributed by atoms with van der Waals surface area (Å²) >= 11 is 0. The molecule has 32 heavy (non-hydrogen) atoms. The van der Waals surface area contributed by atoms with E-state index >= 15 is 0 Å². The van der Waals surface area contributed by atoms with Crippen molar-refractivity contribution in [1.82, 2.24) is 0 Å². The van der Waals surface area contributed by atoms with Crippen LogP contribution in [0.1, 0.15) is 12.8 Å². The third-order valence-corrected chi connectivity index (χ3v) is 5.80. The van der Waals surface area contributed by atoms with Gasteiger partial charge in [-0.3, -0.25) is 0 Å². The van der Waals surface area contributed by atoms with Crippen molar-refractivity contribution in [2.45, 2.75) is 73.2 Å². The highest BCUT2D eigenvalue weighted by atomic mass is 16.8. The second-order valence-electron chi connectivity index (χ2n) is 7.84. The fourth-order valence-electron chi connectivity index (χ4n) is 4.13. The summed E-state index contributed by atoms with van der Waals surface area (Å²) in [5.74, 6) is -2.27. The molecule has 2 rings (SSSR count). The monoisotopic (exact) mass is 462 g/mol. The van der Waals surface area contributed by atoms with Crippen LogP contribution >= 0.6 is 0 Å². The van der Waals surface area contributed by atoms with Crippen LogP contribution < -0.4 is 0 Å². The number of hydrogen-bond donors (Lipinski definition) is 7. The summed E-state index contributed by atoms with van der Waals surface area (Å²) in [6.07, 6.45) is -8.65. The molecule has 0 saturated carbocycles. The minimum atomic E-state index is -2.27. The molecule has 0 aliphatic carbocycles. The Morgan fingerprint density at radius 3 is 1.88 bits per heavy atom. The topological polar surface area (TPSA) is 179 Å². The maximum atomic E-state index is 11.1. The molecule has 2 aliphatic heterocycles. The third kappa shape index (κ3) is 4.69. The van der Waals surface area contributed by atoms with Crippen LogP contribution in [-0.2, 0) is 18.9 Å². The molecule has 0 spiro atoms. The first kappa shape index (κ1) is 27.0. The van der Waals surface area contributed by atoms with Crippen molar-refractivity contribution in [2.24, 2.45) is 0 Å². The molecule has 2 aliphatic rings. The minimum Gasteiger partial charge on any atom is -0.394 e. The molecule has 9 atom stereocenters. The number of aliphatic hydroxyl groups excluding tert-OH is 7. The highest BCUT2D eigenvalue weighted by molar-refractivity contribution is 5.13. The fourth-order valence-corrected chi connectivity index (χ4v) is 4.13. The van der Waals surface area contributed by atoms with Crippen LogP contribution in [0.2, 0.25) is 0 Å². The molecule has 11 nitrogen and oxygen atoms in total. The molecule has 184 valence electrons. The fraction of sp³-hybridized carbons (Fsp3) is 0.714. The quantitative estimate of drug-likeness (QED) is 0.155. The van der Waals surface area contributed by atoms with Crippen LogP contribution in [0.4, 0.5) is 0 Å². The molecule has 2 heterocycles. The Kier molecular flexibility index (Phi) is 9.52. The van der Waals surface area contributed by atoms with Gasteiger partial charge in [-0.1, -0.05) is 18.2 Å². The van der Waals surface area contributed by atoms with Crippen molar-refractivity contribution in [3.63, 3.8) is 0 Å². The minimum absolute atomic E-state index is 0.00773. The molecule has 0 aromatic heterocycles. The highest BCUT2D eigenvalue weighted by Gasteiger charge is 2.68. The van der Waals surface area contributed by atoms with E-state index in [1.807, 2.05) is 0 Å². The standard InChI is InChI=1S/C21H34O11/c1-4-7-20(8-5-2,29-9-6-3)21(18(28)15(25)13(11-23)31-21)32-19-17(27)16(26)14(24)12(10-22)30-19/h4-6,12-19,22-28H,1-3,7-11H2/t12-,13-,14-,15-,16+,17-,18+,19-,21-/m1/s1. The smallest absolute Gasteiger partial charge is 0.230 e. The zero-order valence-corrected chi connectivity index (χ0v) is 17.8. The summed E-state index contributed by atoms with van der Waals surface area (Å²) in [5.41, 5.74) is -1.60. The molecule has 0 aromatic rings. The largest absolute Gasteiger partial charge is 0.394 e. The van der Waals surface area contributed by atoms with Crippen LogP contribution in [0, 0.1) is 0 Å². The van der Waals surface area contributed by atoms with Crippen molar-refractivity contribution in [3.05, 3.63) is 38.0 Å². The van der Waals surface area contributed by atoms with Gasteiger partial charge in [0.25, 0.3) is 0 Å². The van der Waals surface area contributed by atoms with Crippen LogP contribution in [0.25, 0.3) is 0 Å². The van der Waals surface area contributed by atoms with Gasteiger partial charge in [-0.05, 0) is 12.8 Å². The average Bonchev–Trinajstić information content (AvgIpc) is 3.03. The van der Waals surface area contributed by atoms with E-state index in [1.54, 1.807) is 0 Å². The lowest BCUT2D eigenvalue weighted by Crippen LogP contribution is -2.68. The molecule has 0 amide bonds. The van der Waals surface area contributed by atoms with Gasteiger partial charge in [-0.25, -0.2) is 0 Å². The van der Waals surface area contributed by atoms with Gasteiger partial charge in [0.2, 0.25) is 5.79 Å². The van der Waals surface area contributed by atoms with E-state index in [2.05, 4.69) is 19.7 Å². The van der Waals surface area contributed by atoms with Crippen molar-refractivity contribution < 1.29 is 54.7 Å². The summed E-state index contributed by atoms with van der Waals surface area (Å²) in [6, 6.07) is 0. The predicted molar refractivity (Wildman–Crippen MR) is 110 cm³/mol. The van der Waals surface area contributed by atoms with Gasteiger partial charge in [0, 0.05) is 0 Å². The molecule has 11 heteroatoms. The summed E-state index contributed by atoms with van der Waals surface area (Å²) in [7, 11) is 0. The lowest BCUT2D eigenvalue weighted by molar-refractivity contribution is -0.416. The van der Waals surface area contributed by atoms with Gasteiger partial charge in [-0.15, -0.1) is 19.7 Å². The molecule has 0 unspecified atom stereocenters. The lowest BCUT2D eigenvalue weighted by Gasteiger charge is -2.51. The van der Waals surface area contributed by atoms with Gasteiger partial charge >= 0.3 is 0 Å². The van der Waals surface area contributed by atoms with Gasteiger partial charge in [-0.2, -0.15) is 0 Å². The maximum Gasteiger partial charge on any atom is 0.230 e. The van der Waals surface area contributed by atoms with Gasteiger partial charge in [0.1, 0.15) is 48.3 Å². The molecular formula is C21H34O11. The van der Waals surface area contributed by atoms with Gasteiger partial charge in [0.15, 0.2) is 6.29 Å². The van der Waals surface area contributed by atoms with Crippen LogP contribution in [0.5, 0.6) is 0 Å². The Balaban J connectivity index is 2.59. The van der Waals surface area contributed by atoms with E-state index in [0.29, 0.717) is 0 Å². The number of hydrogen-bond acceptors (Lipinski definition) is 11. The second-order valence-corrected chi connectivity index (χ2v) is 7.84. The Hall–Kier alpha value is -1.22. The lowest BCUT2D eigenvalue weighted by atomic mass is 9.81. The van der Waals surface area contributed by atoms with E-state index in [-0.39, 0.29) is 19.4 Å². The summed E-state index contributed by atoms with van der Waals surface area (Å²) in [6.45, 7) is 9.57. The second kappa shape index (κ2) is 11.3. The molecular weight excluding hydrogens is 428 g/mol. The van der Waals surface area contributed by atoms with Crippen molar-refractivity contribution in [1.29, 1.82) is 0 Å². The Morgan fingerprint density at radius 1 is 0.812 bits per heavy atom. The predicted octanol–water partition coefficient (Wildman–Crippen LogP) is -2.29. The normalized spacial score (nSPS) is 40.2. The molecule has 2 fully saturated rings. The summed E-state index contributed by atoms with van der Waals surface area (Å²) in [5, 5.41) is 71.4. The van der Waals surface area contributed by atoms with E-state index in [4.69, 9.17) is 18.9 Å². The van der Waals surface area contributed by atoms with E-state index in [9.17, 15) is 35.7 Å². The third-order valence-electron chi connectivity index (χ3n) is 5.80. The van der Waals surface area contributed by atoms with E-state index in [1.165, 1.54) is 18.2 Å². The Labute approximate surface area is 186 Å². The van der Waals surface area contributed by atoms with Crippen LogP contribution in [0.15, 0.2) is 38.0 Å². The van der Waals surface area contributed by atoms with Crippen molar-refractivity contribution >= 4 is 0 Å². The van der Waals surface area contributed by atoms with Crippen LogP contribution in [-0.4, -0.2) is 116 Å². The highest BCUT2D eigenvalue weighted by Crippen LogP contribution is 2.48. The SMILES string of the molecule is C=CCOC(CC=C)(CC=C)[C@@]1(O[C@H]2O[C@H](CO)[C@@H](O)[C@H](O)[C@H]2O)O[C@H](CO)[C@@H](O)[C@@H]1O. The molecule has 0 radical (unpaired) electrons. The Bertz CT molecular complexity index is 631. The first-order valence-corrected chi connectivity index (χ1v) is 10.3. The van der Waals surface area contributed by atoms with Crippen molar-refractivity contribution in [2.75, 3.05) is 19.8 Å². The average molecular weight is 462 g/mol. The summed E-state index contributed by atoms with van der Waals surface area (Å²) < 4.78 is 23.2. The zero-order valence-electron chi connectivity index (χ0n) is 17.8. The van der Waals surface area contributed by atoms with Crippen molar-refractivity contribution in [3.8, 4) is 0 Å².